The number of anilines is 2. The number of nitrogens with zero attached hydrogens (tertiary/aromatic N) is 2. The highest BCUT2D eigenvalue weighted by Crippen LogP contribution is 2.25. The van der Waals surface area contributed by atoms with E-state index in [9.17, 15) is 4.79 Å². The summed E-state index contributed by atoms with van der Waals surface area (Å²) in [5, 5.41) is 5.96. The van der Waals surface area contributed by atoms with Gasteiger partial charge in [-0.05, 0) is 30.2 Å². The van der Waals surface area contributed by atoms with Crippen LogP contribution in [0.5, 0.6) is 5.75 Å². The summed E-state index contributed by atoms with van der Waals surface area (Å²) in [4.78, 5) is 20.8. The predicted octanol–water partition coefficient (Wildman–Crippen LogP) is 3.66. The molecule has 26 heavy (non-hydrogen) atoms. The van der Waals surface area contributed by atoms with Crippen molar-refractivity contribution in [1.29, 1.82) is 0 Å². The zero-order chi connectivity index (χ0) is 18.4. The number of aromatic nitrogens is 2. The Balaban J connectivity index is 1.64. The number of rotatable bonds is 6. The minimum absolute atomic E-state index is 0.288. The minimum Gasteiger partial charge on any atom is -0.495 e. The lowest BCUT2D eigenvalue weighted by atomic mass is 10.2. The molecule has 1 aromatic heterocycles. The van der Waals surface area contributed by atoms with Gasteiger partial charge in [0, 0.05) is 18.9 Å². The van der Waals surface area contributed by atoms with Crippen LogP contribution in [0.2, 0.25) is 0 Å². The van der Waals surface area contributed by atoms with E-state index in [1.165, 1.54) is 12.4 Å². The summed E-state index contributed by atoms with van der Waals surface area (Å²) in [5.41, 5.74) is 3.14. The van der Waals surface area contributed by atoms with Crippen molar-refractivity contribution in [2.45, 2.75) is 13.5 Å². The molecular formula is C20H20N4O2. The molecule has 0 saturated heterocycles. The van der Waals surface area contributed by atoms with Crippen LogP contribution in [-0.2, 0) is 6.54 Å². The first-order valence-electron chi connectivity index (χ1n) is 8.21. The molecule has 1 heterocycles. The number of ether oxygens (including phenoxy) is 1. The van der Waals surface area contributed by atoms with Gasteiger partial charge in [0.15, 0.2) is 0 Å². The van der Waals surface area contributed by atoms with Gasteiger partial charge in [0.1, 0.15) is 5.75 Å². The number of benzene rings is 2. The number of amides is 1. The molecule has 2 N–H and O–H groups in total. The molecule has 0 bridgehead atoms. The van der Waals surface area contributed by atoms with Gasteiger partial charge in [-0.3, -0.25) is 4.79 Å². The van der Waals surface area contributed by atoms with E-state index in [0.717, 1.165) is 11.1 Å². The van der Waals surface area contributed by atoms with Crippen LogP contribution >= 0.6 is 0 Å². The van der Waals surface area contributed by atoms with E-state index >= 15 is 0 Å². The van der Waals surface area contributed by atoms with Gasteiger partial charge in [-0.2, -0.15) is 0 Å². The Kier molecular flexibility index (Phi) is 5.43. The maximum absolute atomic E-state index is 12.4. The molecule has 132 valence electrons. The molecule has 0 aliphatic heterocycles. The molecule has 0 spiro atoms. The summed E-state index contributed by atoms with van der Waals surface area (Å²) in [6, 6.07) is 15.6. The van der Waals surface area contributed by atoms with Crippen LogP contribution < -0.4 is 15.4 Å². The summed E-state index contributed by atoms with van der Waals surface area (Å²) in [7, 11) is 1.57. The topological polar surface area (TPSA) is 76.1 Å². The van der Waals surface area contributed by atoms with E-state index in [1.807, 2.05) is 55.5 Å². The van der Waals surface area contributed by atoms with Crippen molar-refractivity contribution < 1.29 is 9.53 Å². The van der Waals surface area contributed by atoms with Crippen LogP contribution in [-0.4, -0.2) is 23.0 Å². The largest absolute Gasteiger partial charge is 0.495 e. The average Bonchev–Trinajstić information content (AvgIpc) is 2.68. The zero-order valence-electron chi connectivity index (χ0n) is 14.7. The highest BCUT2D eigenvalue weighted by atomic mass is 16.5. The number of nitrogens with one attached hydrogen (secondary N) is 2. The highest BCUT2D eigenvalue weighted by molar-refractivity contribution is 6.04. The highest BCUT2D eigenvalue weighted by Gasteiger charge is 2.11. The third-order valence-corrected chi connectivity index (χ3v) is 3.81. The van der Waals surface area contributed by atoms with Crippen molar-refractivity contribution in [2.24, 2.45) is 0 Å². The van der Waals surface area contributed by atoms with Crippen LogP contribution in [0, 0.1) is 6.92 Å². The SMILES string of the molecule is COc1ccc(C)cc1NC(=O)c1cnc(NCc2ccccc2)nc1. The lowest BCUT2D eigenvalue weighted by molar-refractivity contribution is 0.102. The molecule has 0 aliphatic rings. The standard InChI is InChI=1S/C20H20N4O2/c1-14-8-9-18(26-2)17(10-14)24-19(25)16-12-22-20(23-13-16)21-11-15-6-4-3-5-7-15/h3-10,12-13H,11H2,1-2H3,(H,24,25)(H,21,22,23). The van der Waals surface area contributed by atoms with Gasteiger partial charge in [0.05, 0.1) is 18.4 Å². The molecule has 3 aromatic rings. The van der Waals surface area contributed by atoms with Gasteiger partial charge in [0.2, 0.25) is 5.95 Å². The van der Waals surface area contributed by atoms with Gasteiger partial charge in [-0.1, -0.05) is 36.4 Å². The van der Waals surface area contributed by atoms with Crippen LogP contribution in [0.15, 0.2) is 60.9 Å². The Bertz CT molecular complexity index is 880. The summed E-state index contributed by atoms with van der Waals surface area (Å²) >= 11 is 0. The Morgan fingerprint density at radius 3 is 2.50 bits per heavy atom. The molecule has 6 heteroatoms. The Morgan fingerprint density at radius 1 is 1.08 bits per heavy atom. The van der Waals surface area contributed by atoms with E-state index in [0.29, 0.717) is 29.5 Å². The first-order valence-corrected chi connectivity index (χ1v) is 8.21. The smallest absolute Gasteiger partial charge is 0.258 e. The zero-order valence-corrected chi connectivity index (χ0v) is 14.7. The molecule has 0 saturated carbocycles. The number of hydrogen-bond donors (Lipinski definition) is 2. The monoisotopic (exact) mass is 348 g/mol. The number of aryl methyl sites for hydroxylation is 1. The second-order valence-electron chi connectivity index (χ2n) is 5.79. The molecule has 1 amide bonds. The molecule has 0 fully saturated rings. The molecule has 2 aromatic carbocycles. The molecule has 0 aliphatic carbocycles. The van der Waals surface area contributed by atoms with Gasteiger partial charge < -0.3 is 15.4 Å². The fourth-order valence-electron chi connectivity index (χ4n) is 2.43. The van der Waals surface area contributed by atoms with E-state index in [-0.39, 0.29) is 5.91 Å². The number of methoxy groups -OCH3 is 1. The van der Waals surface area contributed by atoms with E-state index in [4.69, 9.17) is 4.74 Å². The molecule has 3 rings (SSSR count). The van der Waals surface area contributed by atoms with Crippen LogP contribution in [0.1, 0.15) is 21.5 Å². The molecule has 0 radical (unpaired) electrons. The third kappa shape index (κ3) is 4.36. The van der Waals surface area contributed by atoms with Gasteiger partial charge >= 0.3 is 0 Å². The summed E-state index contributed by atoms with van der Waals surface area (Å²) in [5.74, 6) is 0.785. The van der Waals surface area contributed by atoms with E-state index in [1.54, 1.807) is 7.11 Å². The lowest BCUT2D eigenvalue weighted by Gasteiger charge is -2.11. The third-order valence-electron chi connectivity index (χ3n) is 3.81. The first kappa shape index (κ1) is 17.4. The average molecular weight is 348 g/mol. The minimum atomic E-state index is -0.288. The molecular weight excluding hydrogens is 328 g/mol. The second-order valence-corrected chi connectivity index (χ2v) is 5.79. The molecule has 6 nitrogen and oxygen atoms in total. The van der Waals surface area contributed by atoms with Crippen molar-refractivity contribution in [2.75, 3.05) is 17.7 Å². The van der Waals surface area contributed by atoms with Crippen molar-refractivity contribution in [3.8, 4) is 5.75 Å². The molecule has 0 atom stereocenters. The van der Waals surface area contributed by atoms with Crippen molar-refractivity contribution in [1.82, 2.24) is 9.97 Å². The normalized spacial score (nSPS) is 10.2. The maximum Gasteiger partial charge on any atom is 0.258 e. The van der Waals surface area contributed by atoms with Crippen LogP contribution in [0.4, 0.5) is 11.6 Å². The summed E-state index contributed by atoms with van der Waals surface area (Å²) in [6.45, 7) is 2.57. The van der Waals surface area contributed by atoms with Gasteiger partial charge in [0.25, 0.3) is 5.91 Å². The first-order chi connectivity index (χ1) is 12.7. The van der Waals surface area contributed by atoms with Crippen LogP contribution in [0.25, 0.3) is 0 Å². The van der Waals surface area contributed by atoms with Crippen molar-refractivity contribution in [3.05, 3.63) is 77.6 Å². The quantitative estimate of drug-likeness (QED) is 0.711. The summed E-state index contributed by atoms with van der Waals surface area (Å²) in [6.07, 6.45) is 3.00. The van der Waals surface area contributed by atoms with E-state index in [2.05, 4.69) is 20.6 Å². The maximum atomic E-state index is 12.4. The van der Waals surface area contributed by atoms with Gasteiger partial charge in [-0.25, -0.2) is 9.97 Å². The summed E-state index contributed by atoms with van der Waals surface area (Å²) < 4.78 is 5.27. The number of hydrogen-bond acceptors (Lipinski definition) is 5. The lowest BCUT2D eigenvalue weighted by Crippen LogP contribution is -2.14. The fraction of sp³-hybridized carbons (Fsp3) is 0.150. The number of carbonyl (C=O) groups excluding carboxylic acids is 1. The Labute approximate surface area is 152 Å². The Hall–Kier alpha value is -3.41. The van der Waals surface area contributed by atoms with E-state index < -0.39 is 0 Å². The van der Waals surface area contributed by atoms with Crippen molar-refractivity contribution >= 4 is 17.5 Å². The molecule has 0 unspecified atom stereocenters. The van der Waals surface area contributed by atoms with Crippen molar-refractivity contribution in [3.63, 3.8) is 0 Å². The second kappa shape index (κ2) is 8.11. The Morgan fingerprint density at radius 2 is 1.81 bits per heavy atom. The van der Waals surface area contributed by atoms with Gasteiger partial charge in [-0.15, -0.1) is 0 Å². The number of carbonyl (C=O) groups is 1. The fourth-order valence-corrected chi connectivity index (χ4v) is 2.43. The van der Waals surface area contributed by atoms with Crippen LogP contribution in [0.3, 0.4) is 0 Å². The predicted molar refractivity (Wildman–Crippen MR) is 101 cm³/mol.